The highest BCUT2D eigenvalue weighted by molar-refractivity contribution is 5.24. The maximum absolute atomic E-state index is 10.3. The van der Waals surface area contributed by atoms with Gasteiger partial charge in [-0.05, 0) is 62.2 Å². The normalized spacial score (nSPS) is 54.0. The first kappa shape index (κ1) is 24.8. The Morgan fingerprint density at radius 3 is 2.60 bits per heavy atom. The molecule has 0 spiro atoms. The van der Waals surface area contributed by atoms with E-state index in [2.05, 4.69) is 19.9 Å². The van der Waals surface area contributed by atoms with Gasteiger partial charge in [0.1, 0.15) is 6.10 Å². The van der Waals surface area contributed by atoms with Crippen LogP contribution in [0.4, 0.5) is 0 Å². The van der Waals surface area contributed by atoms with Gasteiger partial charge in [0.2, 0.25) is 0 Å². The number of methoxy groups -OCH3 is 1. The number of aliphatic hydroxyl groups is 1. The average molecular weight is 493 g/mol. The molecule has 7 nitrogen and oxygen atoms in total. The second-order valence-corrected chi connectivity index (χ2v) is 12.6. The molecular weight excluding hydrogens is 448 g/mol. The Labute approximate surface area is 209 Å². The Bertz CT molecular complexity index is 817. The Hall–Kier alpha value is -0.540. The van der Waals surface area contributed by atoms with Crippen molar-refractivity contribution in [1.82, 2.24) is 0 Å². The van der Waals surface area contributed by atoms with Gasteiger partial charge in [-0.3, -0.25) is 0 Å². The molecule has 1 saturated carbocycles. The van der Waals surface area contributed by atoms with E-state index in [9.17, 15) is 5.11 Å². The van der Waals surface area contributed by atoms with Crippen LogP contribution in [0.15, 0.2) is 11.6 Å². The van der Waals surface area contributed by atoms with Crippen LogP contribution < -0.4 is 0 Å². The van der Waals surface area contributed by atoms with Crippen molar-refractivity contribution in [3.05, 3.63) is 11.6 Å². The largest absolute Gasteiger partial charge is 0.388 e. The summed E-state index contributed by atoms with van der Waals surface area (Å²) in [4.78, 5) is 0. The molecule has 35 heavy (non-hydrogen) atoms. The molecule has 1 N–H and O–H groups in total. The molecule has 2 aliphatic carbocycles. The van der Waals surface area contributed by atoms with Crippen LogP contribution in [-0.4, -0.2) is 81.1 Å². The summed E-state index contributed by atoms with van der Waals surface area (Å²) in [5.41, 5.74) is 1.86. The lowest BCUT2D eigenvalue weighted by Crippen LogP contribution is -2.50. The first-order valence-corrected chi connectivity index (χ1v) is 13.9. The summed E-state index contributed by atoms with van der Waals surface area (Å²) in [6.45, 7) is 9.04. The number of hydrogen-bond donors (Lipinski definition) is 1. The van der Waals surface area contributed by atoms with Gasteiger partial charge in [-0.25, -0.2) is 0 Å². The van der Waals surface area contributed by atoms with Gasteiger partial charge in [0.25, 0.3) is 0 Å². The minimum atomic E-state index is -0.608. The molecule has 4 saturated heterocycles. The Morgan fingerprint density at radius 1 is 1.03 bits per heavy atom. The standard InChI is InChI=1S/C28H44O7/c1-16-26(29)21(30-4)12-24(34-16)35-18-7-10-28(3)17(11-18)5-6-20-19(28)8-9-27(2)15-33-23-14-32-22(13-31-20)25(23)27/h5,16,18-26,29H,6-15H2,1-4H3/t16?,18-,19-,20+,21?,22+,23+,24?,25-,26?,27-,28-/m0/s1. The zero-order chi connectivity index (χ0) is 24.4. The quantitative estimate of drug-likeness (QED) is 0.603. The molecule has 198 valence electrons. The molecule has 0 radical (unpaired) electrons. The third-order valence-corrected chi connectivity index (χ3v) is 10.5. The van der Waals surface area contributed by atoms with E-state index in [1.165, 1.54) is 18.4 Å². The smallest absolute Gasteiger partial charge is 0.161 e. The molecule has 7 heteroatoms. The molecule has 0 aromatic carbocycles. The van der Waals surface area contributed by atoms with Gasteiger partial charge >= 0.3 is 0 Å². The summed E-state index contributed by atoms with van der Waals surface area (Å²) in [6.07, 6.45) is 8.77. The van der Waals surface area contributed by atoms with Crippen molar-refractivity contribution in [2.75, 3.05) is 26.9 Å². The Balaban J connectivity index is 1.15. The van der Waals surface area contributed by atoms with Crippen molar-refractivity contribution in [3.63, 3.8) is 0 Å². The summed E-state index contributed by atoms with van der Waals surface area (Å²) in [6, 6.07) is 0. The summed E-state index contributed by atoms with van der Waals surface area (Å²) < 4.78 is 36.9. The number of aliphatic hydroxyl groups excluding tert-OH is 1. The maximum Gasteiger partial charge on any atom is 0.161 e. The lowest BCUT2D eigenvalue weighted by atomic mass is 9.57. The highest BCUT2D eigenvalue weighted by Gasteiger charge is 2.57. The van der Waals surface area contributed by atoms with Crippen molar-refractivity contribution in [1.29, 1.82) is 0 Å². The molecule has 0 bridgehead atoms. The van der Waals surface area contributed by atoms with Crippen LogP contribution in [0.5, 0.6) is 0 Å². The van der Waals surface area contributed by atoms with E-state index in [0.717, 1.165) is 38.9 Å². The van der Waals surface area contributed by atoms with E-state index >= 15 is 0 Å². The second-order valence-electron chi connectivity index (χ2n) is 12.6. The van der Waals surface area contributed by atoms with E-state index < -0.39 is 6.10 Å². The average Bonchev–Trinajstić information content (AvgIpc) is 3.41. The van der Waals surface area contributed by atoms with Gasteiger partial charge in [-0.15, -0.1) is 0 Å². The van der Waals surface area contributed by atoms with Crippen molar-refractivity contribution in [3.8, 4) is 0 Å². The van der Waals surface area contributed by atoms with Gasteiger partial charge in [-0.1, -0.05) is 25.5 Å². The summed E-state index contributed by atoms with van der Waals surface area (Å²) in [5.74, 6) is 0.969. The summed E-state index contributed by atoms with van der Waals surface area (Å²) >= 11 is 0. The molecular formula is C28H44O7. The van der Waals surface area contributed by atoms with Crippen molar-refractivity contribution < 1.29 is 33.5 Å². The molecule has 0 aromatic rings. The van der Waals surface area contributed by atoms with Gasteiger partial charge in [0.15, 0.2) is 6.29 Å². The number of hydrogen-bond acceptors (Lipinski definition) is 7. The Kier molecular flexibility index (Phi) is 6.61. The number of ether oxygens (including phenoxy) is 6. The first-order valence-electron chi connectivity index (χ1n) is 13.9. The van der Waals surface area contributed by atoms with Crippen molar-refractivity contribution in [2.24, 2.45) is 22.7 Å². The van der Waals surface area contributed by atoms with Crippen LogP contribution in [0.25, 0.3) is 0 Å². The molecule has 5 fully saturated rings. The van der Waals surface area contributed by atoms with E-state index in [1.54, 1.807) is 7.11 Å². The third kappa shape index (κ3) is 4.23. The van der Waals surface area contributed by atoms with Crippen LogP contribution in [0.3, 0.4) is 0 Å². The molecule has 12 atom stereocenters. The first-order chi connectivity index (χ1) is 16.8. The van der Waals surface area contributed by atoms with Gasteiger partial charge in [0.05, 0.1) is 56.4 Å². The van der Waals surface area contributed by atoms with E-state index in [0.29, 0.717) is 24.9 Å². The van der Waals surface area contributed by atoms with Crippen LogP contribution in [0.2, 0.25) is 0 Å². The van der Waals surface area contributed by atoms with Gasteiger partial charge in [-0.2, -0.15) is 0 Å². The predicted octanol–water partition coefficient (Wildman–Crippen LogP) is 3.62. The van der Waals surface area contributed by atoms with Gasteiger partial charge in [0, 0.05) is 19.4 Å². The fourth-order valence-corrected chi connectivity index (χ4v) is 8.33. The van der Waals surface area contributed by atoms with Gasteiger partial charge < -0.3 is 33.5 Å². The maximum atomic E-state index is 10.3. The molecule has 4 unspecified atom stereocenters. The molecule has 6 rings (SSSR count). The minimum Gasteiger partial charge on any atom is -0.388 e. The monoisotopic (exact) mass is 492 g/mol. The Morgan fingerprint density at radius 2 is 1.80 bits per heavy atom. The lowest BCUT2D eigenvalue weighted by Gasteiger charge is -2.51. The number of rotatable bonds is 3. The fraction of sp³-hybridized carbons (Fsp3) is 0.929. The predicted molar refractivity (Wildman–Crippen MR) is 129 cm³/mol. The minimum absolute atomic E-state index is 0.141. The van der Waals surface area contributed by atoms with E-state index in [4.69, 9.17) is 28.4 Å². The molecule has 0 amide bonds. The zero-order valence-electron chi connectivity index (χ0n) is 21.8. The van der Waals surface area contributed by atoms with Crippen molar-refractivity contribution in [2.45, 2.75) is 115 Å². The van der Waals surface area contributed by atoms with E-state index in [-0.39, 0.29) is 53.7 Å². The van der Waals surface area contributed by atoms with Crippen LogP contribution >= 0.6 is 0 Å². The fourth-order valence-electron chi connectivity index (χ4n) is 8.33. The third-order valence-electron chi connectivity index (χ3n) is 10.5. The molecule has 6 aliphatic rings. The highest BCUT2D eigenvalue weighted by Crippen LogP contribution is 2.57. The zero-order valence-corrected chi connectivity index (χ0v) is 21.8. The molecule has 0 aromatic heterocycles. The topological polar surface area (TPSA) is 75.6 Å². The summed E-state index contributed by atoms with van der Waals surface area (Å²) in [7, 11) is 1.65. The van der Waals surface area contributed by atoms with E-state index in [1.807, 2.05) is 6.92 Å². The van der Waals surface area contributed by atoms with Crippen LogP contribution in [0.1, 0.15) is 65.7 Å². The number of fused-ring (bicyclic) bond motifs is 3. The lowest BCUT2D eigenvalue weighted by molar-refractivity contribution is -0.265. The summed E-state index contributed by atoms with van der Waals surface area (Å²) in [5, 5.41) is 10.3. The van der Waals surface area contributed by atoms with Crippen LogP contribution in [-0.2, 0) is 28.4 Å². The van der Waals surface area contributed by atoms with Crippen LogP contribution in [0, 0.1) is 22.7 Å². The molecule has 4 heterocycles. The second kappa shape index (κ2) is 9.33. The SMILES string of the molecule is COC1CC(O[C@H]2CC[C@@]3(C)C(=CC[C@H]4OC[C@H]5OC[C@H]6OC[C@](C)(CC[C@@H]43)[C@H]65)C2)OC(C)C1O. The van der Waals surface area contributed by atoms with Crippen molar-refractivity contribution >= 4 is 0 Å². The molecule has 4 aliphatic heterocycles. The highest BCUT2D eigenvalue weighted by atomic mass is 16.7.